The van der Waals surface area contributed by atoms with E-state index in [-0.39, 0.29) is 29.1 Å². The van der Waals surface area contributed by atoms with Crippen LogP contribution in [0, 0.1) is 13.8 Å². The molecule has 0 bridgehead atoms. The number of nitrogens with zero attached hydrogens (tertiary/aromatic N) is 4. The molecule has 1 aliphatic carbocycles. The molecule has 3 heterocycles. The molecule has 48 heavy (non-hydrogen) atoms. The summed E-state index contributed by atoms with van der Waals surface area (Å²) in [6, 6.07) is 14.4. The van der Waals surface area contributed by atoms with E-state index >= 15 is 0 Å². The van der Waals surface area contributed by atoms with E-state index in [1.165, 1.54) is 11.3 Å². The number of carbonyl (C=O) groups excluding carboxylic acids is 2. The van der Waals surface area contributed by atoms with Crippen LogP contribution in [-0.4, -0.2) is 53.6 Å². The molecule has 2 aliphatic rings. The normalized spacial score (nSPS) is 15.7. The largest absolute Gasteiger partial charge is 0.359 e. The van der Waals surface area contributed by atoms with E-state index in [2.05, 4.69) is 16.8 Å². The summed E-state index contributed by atoms with van der Waals surface area (Å²) in [4.78, 5) is 35.8. The fraction of sp³-hybridized carbons (Fsp3) is 0.389. The van der Waals surface area contributed by atoms with Gasteiger partial charge < -0.3 is 9.42 Å². The predicted molar refractivity (Wildman–Crippen MR) is 187 cm³/mol. The number of aromatic nitrogens is 1. The number of hydrogen-bond donors (Lipinski definition) is 1. The fourth-order valence-electron chi connectivity index (χ4n) is 6.57. The fourth-order valence-corrected chi connectivity index (χ4v) is 8.48. The van der Waals surface area contributed by atoms with Gasteiger partial charge in [-0.1, -0.05) is 67.7 Å². The minimum Gasteiger partial charge on any atom is -0.359 e. The van der Waals surface area contributed by atoms with Gasteiger partial charge in [0.25, 0.3) is 21.8 Å². The molecule has 1 fully saturated rings. The Kier molecular flexibility index (Phi) is 9.57. The SMILES string of the molecule is CCCCC1=NC2(CCCC2)C(=O)N1Cc1ccc(-c2ccccc2S(=O)(=O)Nc2noc(C)c2C)c(CN(C)C(=O)c2ccsc2)c1. The number of sulfonamides is 1. The Hall–Kier alpha value is -4.29. The van der Waals surface area contributed by atoms with E-state index in [0.717, 1.165) is 61.9 Å². The van der Waals surface area contributed by atoms with Crippen molar-refractivity contribution in [3.63, 3.8) is 0 Å². The topological polar surface area (TPSA) is 125 Å². The predicted octanol–water partition coefficient (Wildman–Crippen LogP) is 7.34. The summed E-state index contributed by atoms with van der Waals surface area (Å²) < 4.78 is 35.4. The number of anilines is 1. The van der Waals surface area contributed by atoms with Crippen LogP contribution in [0.4, 0.5) is 5.82 Å². The number of hydrogen-bond acceptors (Lipinski definition) is 8. The highest BCUT2D eigenvalue weighted by Crippen LogP contribution is 2.40. The van der Waals surface area contributed by atoms with Gasteiger partial charge in [-0.3, -0.25) is 24.2 Å². The zero-order chi connectivity index (χ0) is 34.1. The van der Waals surface area contributed by atoms with Gasteiger partial charge in [-0.15, -0.1) is 0 Å². The van der Waals surface area contributed by atoms with Crippen molar-refractivity contribution in [3.05, 3.63) is 87.3 Å². The summed E-state index contributed by atoms with van der Waals surface area (Å²) in [5.74, 6) is 1.44. The van der Waals surface area contributed by atoms with Crippen molar-refractivity contribution in [2.24, 2.45) is 4.99 Å². The van der Waals surface area contributed by atoms with Gasteiger partial charge in [-0.05, 0) is 67.3 Å². The smallest absolute Gasteiger partial charge is 0.263 e. The Balaban J connectivity index is 1.39. The Morgan fingerprint density at radius 2 is 1.88 bits per heavy atom. The van der Waals surface area contributed by atoms with Crippen LogP contribution in [0.5, 0.6) is 0 Å². The minimum absolute atomic E-state index is 0.0674. The maximum atomic E-state index is 13.9. The highest BCUT2D eigenvalue weighted by Gasteiger charge is 2.49. The van der Waals surface area contributed by atoms with Crippen molar-refractivity contribution in [1.82, 2.24) is 15.0 Å². The summed E-state index contributed by atoms with van der Waals surface area (Å²) in [5, 5.41) is 7.57. The van der Waals surface area contributed by atoms with Crippen LogP contribution in [-0.2, 0) is 27.9 Å². The van der Waals surface area contributed by atoms with Gasteiger partial charge >= 0.3 is 0 Å². The molecule has 0 unspecified atom stereocenters. The first-order chi connectivity index (χ1) is 23.0. The second-order valence-electron chi connectivity index (χ2n) is 12.7. The number of unbranched alkanes of at least 4 members (excludes halogenated alkanes) is 1. The number of amidine groups is 1. The number of thiophene rings is 1. The molecule has 2 amide bonds. The molecule has 4 aromatic rings. The van der Waals surface area contributed by atoms with Gasteiger partial charge in [0.2, 0.25) is 0 Å². The first-order valence-electron chi connectivity index (χ1n) is 16.4. The Labute approximate surface area is 285 Å². The van der Waals surface area contributed by atoms with Gasteiger partial charge in [0.1, 0.15) is 17.1 Å². The van der Waals surface area contributed by atoms with Crippen LogP contribution in [0.2, 0.25) is 0 Å². The molecule has 0 saturated heterocycles. The van der Waals surface area contributed by atoms with Crippen molar-refractivity contribution in [2.45, 2.75) is 89.2 Å². The Morgan fingerprint density at radius 3 is 2.56 bits per heavy atom. The lowest BCUT2D eigenvalue weighted by Crippen LogP contribution is -2.40. The lowest BCUT2D eigenvalue weighted by atomic mass is 9.95. The molecule has 6 rings (SSSR count). The molecule has 252 valence electrons. The van der Waals surface area contributed by atoms with Crippen LogP contribution >= 0.6 is 11.3 Å². The van der Waals surface area contributed by atoms with Gasteiger partial charge in [-0.25, -0.2) is 8.42 Å². The van der Waals surface area contributed by atoms with E-state index in [0.29, 0.717) is 34.6 Å². The minimum atomic E-state index is -4.08. The zero-order valence-corrected chi connectivity index (χ0v) is 29.4. The molecule has 0 atom stereocenters. The highest BCUT2D eigenvalue weighted by atomic mass is 32.2. The first-order valence-corrected chi connectivity index (χ1v) is 18.8. The molecule has 1 saturated carbocycles. The summed E-state index contributed by atoms with van der Waals surface area (Å²) >= 11 is 1.45. The maximum absolute atomic E-state index is 13.9. The van der Waals surface area contributed by atoms with Crippen LogP contribution in [0.3, 0.4) is 0 Å². The lowest BCUT2D eigenvalue weighted by molar-refractivity contribution is -0.131. The van der Waals surface area contributed by atoms with Crippen molar-refractivity contribution >= 4 is 44.8 Å². The third kappa shape index (κ3) is 6.55. The monoisotopic (exact) mass is 687 g/mol. The standard InChI is InChI=1S/C36H41N5O5S2/c1-5-6-13-32-37-36(17-9-10-18-36)35(43)41(32)21-26-14-15-29(28(20-26)22-40(4)34(42)27-16-19-47-23-27)30-11-7-8-12-31(30)48(44,45)39-33-24(2)25(3)46-38-33/h7-8,11-12,14-16,19-20,23H,5-6,9-10,13,17-18,21-22H2,1-4H3,(H,38,39). The van der Waals surface area contributed by atoms with E-state index in [4.69, 9.17) is 9.52 Å². The third-order valence-corrected chi connectivity index (χ3v) is 11.5. The molecular formula is C36H41N5O5S2. The number of aliphatic imine (C=N–C) groups is 1. The number of nitrogens with one attached hydrogen (secondary N) is 1. The van der Waals surface area contributed by atoms with Crippen molar-refractivity contribution in [1.29, 1.82) is 0 Å². The summed E-state index contributed by atoms with van der Waals surface area (Å²) in [6.45, 7) is 6.16. The van der Waals surface area contributed by atoms with Crippen LogP contribution < -0.4 is 4.72 Å². The van der Waals surface area contributed by atoms with E-state index in [1.807, 2.05) is 33.9 Å². The van der Waals surface area contributed by atoms with Crippen LogP contribution in [0.15, 0.2) is 73.7 Å². The quantitative estimate of drug-likeness (QED) is 0.166. The molecule has 12 heteroatoms. The van der Waals surface area contributed by atoms with Gasteiger partial charge in [0.15, 0.2) is 5.82 Å². The van der Waals surface area contributed by atoms with Crippen LogP contribution in [0.25, 0.3) is 11.1 Å². The maximum Gasteiger partial charge on any atom is 0.263 e. The Morgan fingerprint density at radius 1 is 1.10 bits per heavy atom. The number of amides is 2. The molecular weight excluding hydrogens is 647 g/mol. The second kappa shape index (κ2) is 13.7. The number of benzene rings is 2. The number of carbonyl (C=O) groups is 2. The van der Waals surface area contributed by atoms with Gasteiger partial charge in [0, 0.05) is 36.5 Å². The second-order valence-corrected chi connectivity index (χ2v) is 15.2. The van der Waals surface area contributed by atoms with Gasteiger partial charge in [0.05, 0.1) is 17.0 Å². The molecule has 1 N–H and O–H groups in total. The molecule has 1 aliphatic heterocycles. The molecule has 2 aromatic carbocycles. The van der Waals surface area contributed by atoms with Gasteiger partial charge in [-0.2, -0.15) is 11.3 Å². The lowest BCUT2D eigenvalue weighted by Gasteiger charge is -2.24. The van der Waals surface area contributed by atoms with E-state index < -0.39 is 15.6 Å². The van der Waals surface area contributed by atoms with Crippen molar-refractivity contribution < 1.29 is 22.5 Å². The zero-order valence-electron chi connectivity index (χ0n) is 27.8. The van der Waals surface area contributed by atoms with Crippen LogP contribution in [0.1, 0.15) is 84.7 Å². The van der Waals surface area contributed by atoms with Crippen molar-refractivity contribution in [2.75, 3.05) is 11.8 Å². The third-order valence-electron chi connectivity index (χ3n) is 9.37. The highest BCUT2D eigenvalue weighted by molar-refractivity contribution is 7.92. The molecule has 0 radical (unpaired) electrons. The molecule has 2 aromatic heterocycles. The number of aryl methyl sites for hydroxylation is 1. The molecule has 1 spiro atoms. The van der Waals surface area contributed by atoms with E-state index in [1.54, 1.807) is 56.1 Å². The van der Waals surface area contributed by atoms with Crippen molar-refractivity contribution in [3.8, 4) is 11.1 Å². The number of rotatable bonds is 12. The summed E-state index contributed by atoms with van der Waals surface area (Å²) in [6.07, 6.45) is 6.26. The Bertz CT molecular complexity index is 1960. The van der Waals surface area contributed by atoms with E-state index in [9.17, 15) is 18.0 Å². The first kappa shape index (κ1) is 33.6. The molecule has 10 nitrogen and oxygen atoms in total. The summed E-state index contributed by atoms with van der Waals surface area (Å²) in [7, 11) is -2.35. The summed E-state index contributed by atoms with van der Waals surface area (Å²) in [5.41, 5.74) is 3.33. The average molecular weight is 688 g/mol. The average Bonchev–Trinajstić information content (AvgIpc) is 3.89.